The Morgan fingerprint density at radius 2 is 2.22 bits per heavy atom. The van der Waals surface area contributed by atoms with Crippen molar-refractivity contribution in [3.63, 3.8) is 0 Å². The molecule has 1 heterocycles. The van der Waals surface area contributed by atoms with Gasteiger partial charge >= 0.3 is 0 Å². The summed E-state index contributed by atoms with van der Waals surface area (Å²) in [6, 6.07) is 6.92. The molecular weight excluding hydrogens is 230 g/mol. The van der Waals surface area contributed by atoms with E-state index in [4.69, 9.17) is 0 Å². The van der Waals surface area contributed by atoms with E-state index in [-0.39, 0.29) is 10.6 Å². The van der Waals surface area contributed by atoms with Gasteiger partial charge in [-0.25, -0.2) is 4.98 Å². The van der Waals surface area contributed by atoms with E-state index in [1.165, 1.54) is 18.9 Å². The maximum atomic E-state index is 10.9. The van der Waals surface area contributed by atoms with E-state index in [1.54, 1.807) is 12.3 Å². The lowest BCUT2D eigenvalue weighted by atomic mass is 10.1. The minimum absolute atomic E-state index is 0.0579. The Morgan fingerprint density at radius 3 is 2.94 bits per heavy atom. The first-order valence-electron chi connectivity index (χ1n) is 6.01. The molecule has 3 rings (SSSR count). The van der Waals surface area contributed by atoms with Crippen LogP contribution in [-0.2, 0) is 0 Å². The number of nitro groups is 1. The Labute approximate surface area is 104 Å². The smallest absolute Gasteiger partial charge is 0.295 e. The van der Waals surface area contributed by atoms with Crippen molar-refractivity contribution in [3.8, 4) is 0 Å². The number of nitrogens with one attached hydrogen (secondary N) is 1. The molecule has 0 radical (unpaired) electrons. The molecule has 1 aliphatic rings. The topological polar surface area (TPSA) is 68.1 Å². The summed E-state index contributed by atoms with van der Waals surface area (Å²) in [5.41, 5.74) is 1.43. The number of para-hydroxylation sites is 1. The van der Waals surface area contributed by atoms with Gasteiger partial charge in [-0.2, -0.15) is 0 Å². The van der Waals surface area contributed by atoms with Gasteiger partial charge in [0.05, 0.1) is 4.92 Å². The van der Waals surface area contributed by atoms with Crippen molar-refractivity contribution in [1.82, 2.24) is 4.98 Å². The van der Waals surface area contributed by atoms with Crippen molar-refractivity contribution in [3.05, 3.63) is 40.6 Å². The molecule has 2 aromatic rings. The summed E-state index contributed by atoms with van der Waals surface area (Å²) in [6.45, 7) is 0.932. The molecule has 1 saturated carbocycles. The van der Waals surface area contributed by atoms with Crippen LogP contribution in [0.5, 0.6) is 0 Å². The molecular formula is C13H13N3O2. The van der Waals surface area contributed by atoms with Crippen LogP contribution >= 0.6 is 0 Å². The molecule has 1 N–H and O–H groups in total. The monoisotopic (exact) mass is 243 g/mol. The van der Waals surface area contributed by atoms with Crippen LogP contribution in [0.2, 0.25) is 0 Å². The molecule has 1 aliphatic carbocycles. The minimum Gasteiger partial charge on any atom is -0.384 e. The Hall–Kier alpha value is -2.17. The summed E-state index contributed by atoms with van der Waals surface area (Å²) < 4.78 is 0. The van der Waals surface area contributed by atoms with Gasteiger partial charge < -0.3 is 5.32 Å². The summed E-state index contributed by atoms with van der Waals surface area (Å²) in [5.74, 6) is 0.756. The van der Waals surface area contributed by atoms with Crippen molar-refractivity contribution in [1.29, 1.82) is 0 Å². The Bertz CT molecular complexity index is 608. The number of nitro benzene ring substituents is 1. The second-order valence-corrected chi connectivity index (χ2v) is 4.61. The highest BCUT2D eigenvalue weighted by molar-refractivity contribution is 5.96. The van der Waals surface area contributed by atoms with Crippen LogP contribution in [0.3, 0.4) is 0 Å². The summed E-state index contributed by atoms with van der Waals surface area (Å²) in [6.07, 6.45) is 4.16. The highest BCUT2D eigenvalue weighted by atomic mass is 16.6. The van der Waals surface area contributed by atoms with Gasteiger partial charge in [0.15, 0.2) is 0 Å². The number of hydrogen-bond donors (Lipinski definition) is 1. The molecule has 18 heavy (non-hydrogen) atoms. The van der Waals surface area contributed by atoms with E-state index < -0.39 is 0 Å². The van der Waals surface area contributed by atoms with Gasteiger partial charge in [-0.3, -0.25) is 10.1 Å². The molecule has 0 unspecified atom stereocenters. The first kappa shape index (κ1) is 11.0. The van der Waals surface area contributed by atoms with Gasteiger partial charge in [0.2, 0.25) is 0 Å². The highest BCUT2D eigenvalue weighted by Crippen LogP contribution is 2.32. The number of anilines is 1. The van der Waals surface area contributed by atoms with Crippen LogP contribution in [0.15, 0.2) is 30.5 Å². The van der Waals surface area contributed by atoms with Gasteiger partial charge in [0.25, 0.3) is 5.69 Å². The predicted molar refractivity (Wildman–Crippen MR) is 69.6 cm³/mol. The third-order valence-electron chi connectivity index (χ3n) is 3.22. The van der Waals surface area contributed by atoms with E-state index in [1.807, 2.05) is 12.1 Å². The van der Waals surface area contributed by atoms with Crippen LogP contribution in [0.4, 0.5) is 11.4 Å². The molecule has 5 nitrogen and oxygen atoms in total. The molecule has 0 amide bonds. The summed E-state index contributed by atoms with van der Waals surface area (Å²) in [5, 5.41) is 15.1. The zero-order valence-electron chi connectivity index (χ0n) is 9.80. The second kappa shape index (κ2) is 4.25. The normalized spacial score (nSPS) is 14.7. The van der Waals surface area contributed by atoms with Crippen LogP contribution < -0.4 is 5.32 Å². The number of hydrogen-bond acceptors (Lipinski definition) is 4. The molecule has 1 fully saturated rings. The zero-order valence-corrected chi connectivity index (χ0v) is 9.80. The van der Waals surface area contributed by atoms with Crippen LogP contribution in [0, 0.1) is 16.0 Å². The summed E-state index contributed by atoms with van der Waals surface area (Å²) in [4.78, 5) is 14.7. The Kier molecular flexibility index (Phi) is 2.59. The number of nitrogens with zero attached hydrogens (tertiary/aromatic N) is 2. The lowest BCUT2D eigenvalue weighted by molar-refractivity contribution is -0.383. The maximum absolute atomic E-state index is 10.9. The molecule has 1 aromatic heterocycles. The fourth-order valence-corrected chi connectivity index (χ4v) is 2.04. The molecule has 0 bridgehead atoms. The quantitative estimate of drug-likeness (QED) is 0.662. The van der Waals surface area contributed by atoms with Crippen molar-refractivity contribution >= 4 is 22.3 Å². The van der Waals surface area contributed by atoms with E-state index in [0.717, 1.165) is 23.5 Å². The standard InChI is InChI=1S/C13H13N3O2/c17-16(18)12-3-1-2-10-11(6-7-14-13(10)12)15-8-9-4-5-9/h1-3,6-7,9H,4-5,8H2,(H,14,15). The van der Waals surface area contributed by atoms with Gasteiger partial charge in [-0.1, -0.05) is 12.1 Å². The number of non-ortho nitro benzene ring substituents is 1. The third-order valence-corrected chi connectivity index (χ3v) is 3.22. The molecule has 5 heteroatoms. The number of fused-ring (bicyclic) bond motifs is 1. The largest absolute Gasteiger partial charge is 0.384 e. The zero-order chi connectivity index (χ0) is 12.5. The fourth-order valence-electron chi connectivity index (χ4n) is 2.04. The SMILES string of the molecule is O=[N+]([O-])c1cccc2c(NCC3CC3)ccnc12. The van der Waals surface area contributed by atoms with Crippen molar-refractivity contribution in [2.45, 2.75) is 12.8 Å². The van der Waals surface area contributed by atoms with Crippen LogP contribution in [-0.4, -0.2) is 16.5 Å². The maximum Gasteiger partial charge on any atom is 0.295 e. The fraction of sp³-hybridized carbons (Fsp3) is 0.308. The van der Waals surface area contributed by atoms with Gasteiger partial charge in [-0.05, 0) is 24.8 Å². The minimum atomic E-state index is -0.389. The Morgan fingerprint density at radius 1 is 1.39 bits per heavy atom. The molecule has 0 aliphatic heterocycles. The number of rotatable bonds is 4. The second-order valence-electron chi connectivity index (χ2n) is 4.61. The van der Waals surface area contributed by atoms with Crippen molar-refractivity contribution in [2.24, 2.45) is 5.92 Å². The molecule has 0 spiro atoms. The van der Waals surface area contributed by atoms with Gasteiger partial charge in [0.1, 0.15) is 5.52 Å². The first-order chi connectivity index (χ1) is 8.75. The van der Waals surface area contributed by atoms with E-state index in [2.05, 4.69) is 10.3 Å². The number of aromatic nitrogens is 1. The summed E-state index contributed by atoms with van der Waals surface area (Å²) in [7, 11) is 0. The third kappa shape index (κ3) is 1.99. The van der Waals surface area contributed by atoms with E-state index >= 15 is 0 Å². The first-order valence-corrected chi connectivity index (χ1v) is 6.01. The molecule has 0 atom stereocenters. The lowest BCUT2D eigenvalue weighted by Gasteiger charge is -2.08. The molecule has 92 valence electrons. The number of benzene rings is 1. The van der Waals surface area contributed by atoms with E-state index in [0.29, 0.717) is 5.52 Å². The number of pyridine rings is 1. The van der Waals surface area contributed by atoms with Crippen molar-refractivity contribution in [2.75, 3.05) is 11.9 Å². The van der Waals surface area contributed by atoms with Crippen molar-refractivity contribution < 1.29 is 4.92 Å². The average Bonchev–Trinajstić information content (AvgIpc) is 3.19. The predicted octanol–water partition coefficient (Wildman–Crippen LogP) is 2.96. The van der Waals surface area contributed by atoms with Crippen LogP contribution in [0.1, 0.15) is 12.8 Å². The van der Waals surface area contributed by atoms with Gasteiger partial charge in [-0.15, -0.1) is 0 Å². The lowest BCUT2D eigenvalue weighted by Crippen LogP contribution is -2.04. The van der Waals surface area contributed by atoms with Gasteiger partial charge in [0, 0.05) is 29.9 Å². The average molecular weight is 243 g/mol. The Balaban J connectivity index is 2.03. The molecule has 1 aromatic carbocycles. The highest BCUT2D eigenvalue weighted by Gasteiger charge is 2.21. The van der Waals surface area contributed by atoms with Crippen LogP contribution in [0.25, 0.3) is 10.9 Å². The van der Waals surface area contributed by atoms with E-state index in [9.17, 15) is 10.1 Å². The summed E-state index contributed by atoms with van der Waals surface area (Å²) >= 11 is 0. The molecule has 0 saturated heterocycles.